The van der Waals surface area contributed by atoms with Crippen LogP contribution >= 0.6 is 0 Å². The molecule has 0 atom stereocenters. The van der Waals surface area contributed by atoms with Crippen LogP contribution in [0.5, 0.6) is 0 Å². The van der Waals surface area contributed by atoms with Gasteiger partial charge < -0.3 is 10.1 Å². The van der Waals surface area contributed by atoms with Crippen molar-refractivity contribution < 1.29 is 4.74 Å². The van der Waals surface area contributed by atoms with E-state index < -0.39 is 0 Å². The standard InChI is InChI=1S/C17H26N2O/c1-16(14-17-6-3-2-4-7-17)15-18-8-5-9-19-10-12-20-13-11-19/h2-4,6-7,14,18H,5,8-13,15H2,1H3. The molecule has 0 bridgehead atoms. The number of hydrogen-bond donors (Lipinski definition) is 1. The summed E-state index contributed by atoms with van der Waals surface area (Å²) in [6, 6.07) is 10.5. The molecule has 1 aliphatic rings. The van der Waals surface area contributed by atoms with E-state index in [0.29, 0.717) is 0 Å². The third kappa shape index (κ3) is 5.87. The van der Waals surface area contributed by atoms with Crippen LogP contribution in [-0.2, 0) is 4.74 Å². The van der Waals surface area contributed by atoms with Gasteiger partial charge in [-0.2, -0.15) is 0 Å². The van der Waals surface area contributed by atoms with Gasteiger partial charge in [0.15, 0.2) is 0 Å². The Bertz CT molecular complexity index is 397. The van der Waals surface area contributed by atoms with E-state index in [9.17, 15) is 0 Å². The van der Waals surface area contributed by atoms with Crippen molar-refractivity contribution in [1.29, 1.82) is 0 Å². The van der Waals surface area contributed by atoms with Crippen LogP contribution in [0.1, 0.15) is 18.9 Å². The van der Waals surface area contributed by atoms with Gasteiger partial charge in [-0.15, -0.1) is 0 Å². The lowest BCUT2D eigenvalue weighted by Gasteiger charge is -2.26. The van der Waals surface area contributed by atoms with Gasteiger partial charge >= 0.3 is 0 Å². The predicted octanol–water partition coefficient (Wildman–Crippen LogP) is 2.40. The number of rotatable bonds is 7. The molecule has 1 aromatic rings. The number of nitrogens with one attached hydrogen (secondary N) is 1. The lowest BCUT2D eigenvalue weighted by atomic mass is 10.1. The van der Waals surface area contributed by atoms with Gasteiger partial charge in [-0.1, -0.05) is 42.0 Å². The third-order valence-corrected chi connectivity index (χ3v) is 3.55. The van der Waals surface area contributed by atoms with Gasteiger partial charge in [0.1, 0.15) is 0 Å². The summed E-state index contributed by atoms with van der Waals surface area (Å²) in [5.41, 5.74) is 2.66. The van der Waals surface area contributed by atoms with E-state index in [2.05, 4.69) is 53.5 Å². The monoisotopic (exact) mass is 274 g/mol. The molecule has 1 heterocycles. The first kappa shape index (κ1) is 15.2. The van der Waals surface area contributed by atoms with Crippen LogP contribution < -0.4 is 5.32 Å². The molecule has 110 valence electrons. The second-order valence-corrected chi connectivity index (χ2v) is 5.39. The first-order chi connectivity index (χ1) is 9.84. The van der Waals surface area contributed by atoms with Gasteiger partial charge in [0.25, 0.3) is 0 Å². The van der Waals surface area contributed by atoms with Gasteiger partial charge in [0, 0.05) is 19.6 Å². The second-order valence-electron chi connectivity index (χ2n) is 5.39. The summed E-state index contributed by atoms with van der Waals surface area (Å²) in [7, 11) is 0. The zero-order valence-electron chi connectivity index (χ0n) is 12.5. The molecule has 0 spiro atoms. The molecule has 1 fully saturated rings. The summed E-state index contributed by atoms with van der Waals surface area (Å²) in [5, 5.41) is 3.52. The SMILES string of the molecule is CC(=Cc1ccccc1)CNCCCN1CCOCC1. The molecule has 3 heteroatoms. The highest BCUT2D eigenvalue weighted by Gasteiger charge is 2.08. The second kappa shape index (κ2) is 8.90. The fraction of sp³-hybridized carbons (Fsp3) is 0.529. The van der Waals surface area contributed by atoms with E-state index in [1.165, 1.54) is 24.1 Å². The topological polar surface area (TPSA) is 24.5 Å². The highest BCUT2D eigenvalue weighted by Crippen LogP contribution is 2.05. The fourth-order valence-electron chi connectivity index (χ4n) is 2.42. The number of benzene rings is 1. The van der Waals surface area contributed by atoms with Crippen molar-refractivity contribution in [3.63, 3.8) is 0 Å². The van der Waals surface area contributed by atoms with Crippen LogP contribution in [0.3, 0.4) is 0 Å². The number of ether oxygens (including phenoxy) is 1. The van der Waals surface area contributed by atoms with Crippen molar-refractivity contribution in [1.82, 2.24) is 10.2 Å². The van der Waals surface area contributed by atoms with Crippen molar-refractivity contribution in [2.75, 3.05) is 45.9 Å². The lowest BCUT2D eigenvalue weighted by molar-refractivity contribution is 0.0375. The molecule has 1 aromatic carbocycles. The summed E-state index contributed by atoms with van der Waals surface area (Å²) in [5.74, 6) is 0. The first-order valence-corrected chi connectivity index (χ1v) is 7.57. The Morgan fingerprint density at radius 1 is 1.25 bits per heavy atom. The molecule has 20 heavy (non-hydrogen) atoms. The molecular formula is C17H26N2O. The highest BCUT2D eigenvalue weighted by molar-refractivity contribution is 5.52. The molecule has 0 amide bonds. The first-order valence-electron chi connectivity index (χ1n) is 7.57. The number of morpholine rings is 1. The maximum Gasteiger partial charge on any atom is 0.0594 e. The average molecular weight is 274 g/mol. The number of hydrogen-bond acceptors (Lipinski definition) is 3. The minimum atomic E-state index is 0.895. The molecule has 0 radical (unpaired) electrons. The maximum atomic E-state index is 5.35. The summed E-state index contributed by atoms with van der Waals surface area (Å²) < 4.78 is 5.35. The highest BCUT2D eigenvalue weighted by atomic mass is 16.5. The van der Waals surface area contributed by atoms with E-state index in [4.69, 9.17) is 4.74 Å². The summed E-state index contributed by atoms with van der Waals surface area (Å²) >= 11 is 0. The van der Waals surface area contributed by atoms with Crippen molar-refractivity contribution >= 4 is 6.08 Å². The van der Waals surface area contributed by atoms with E-state index in [1.54, 1.807) is 0 Å². The molecule has 0 aromatic heterocycles. The van der Waals surface area contributed by atoms with Crippen molar-refractivity contribution in [2.45, 2.75) is 13.3 Å². The van der Waals surface area contributed by atoms with E-state index >= 15 is 0 Å². The van der Waals surface area contributed by atoms with E-state index in [1.807, 2.05) is 0 Å². The minimum absolute atomic E-state index is 0.895. The van der Waals surface area contributed by atoms with Gasteiger partial charge in [-0.25, -0.2) is 0 Å². The molecule has 1 saturated heterocycles. The average Bonchev–Trinajstić information content (AvgIpc) is 2.49. The van der Waals surface area contributed by atoms with Crippen LogP contribution in [0.15, 0.2) is 35.9 Å². The molecule has 0 unspecified atom stereocenters. The molecule has 3 nitrogen and oxygen atoms in total. The Kier molecular flexibility index (Phi) is 6.78. The Labute approximate surface area is 122 Å². The largest absolute Gasteiger partial charge is 0.379 e. The smallest absolute Gasteiger partial charge is 0.0594 e. The molecular weight excluding hydrogens is 248 g/mol. The summed E-state index contributed by atoms with van der Waals surface area (Å²) in [4.78, 5) is 2.48. The van der Waals surface area contributed by atoms with Crippen LogP contribution in [-0.4, -0.2) is 50.8 Å². The van der Waals surface area contributed by atoms with Gasteiger partial charge in [0.05, 0.1) is 13.2 Å². The van der Waals surface area contributed by atoms with Crippen LogP contribution in [0.2, 0.25) is 0 Å². The summed E-state index contributed by atoms with van der Waals surface area (Å²) in [6.07, 6.45) is 3.45. The minimum Gasteiger partial charge on any atom is -0.379 e. The van der Waals surface area contributed by atoms with Gasteiger partial charge in [-0.3, -0.25) is 4.90 Å². The third-order valence-electron chi connectivity index (χ3n) is 3.55. The quantitative estimate of drug-likeness (QED) is 0.773. The Morgan fingerprint density at radius 3 is 2.75 bits per heavy atom. The Hall–Kier alpha value is -1.16. The molecule has 0 saturated carbocycles. The Morgan fingerprint density at radius 2 is 2.00 bits per heavy atom. The van der Waals surface area contributed by atoms with Crippen LogP contribution in [0.4, 0.5) is 0 Å². The van der Waals surface area contributed by atoms with E-state index in [-0.39, 0.29) is 0 Å². The number of nitrogens with zero attached hydrogens (tertiary/aromatic N) is 1. The van der Waals surface area contributed by atoms with Crippen molar-refractivity contribution in [3.05, 3.63) is 41.5 Å². The fourth-order valence-corrected chi connectivity index (χ4v) is 2.42. The summed E-state index contributed by atoms with van der Waals surface area (Å²) in [6.45, 7) is 9.38. The zero-order chi connectivity index (χ0) is 14.0. The van der Waals surface area contributed by atoms with Crippen molar-refractivity contribution in [2.24, 2.45) is 0 Å². The van der Waals surface area contributed by atoms with Gasteiger partial charge in [0.2, 0.25) is 0 Å². The lowest BCUT2D eigenvalue weighted by Crippen LogP contribution is -2.37. The molecule has 0 aliphatic carbocycles. The van der Waals surface area contributed by atoms with E-state index in [0.717, 1.165) is 39.4 Å². The molecule has 1 aliphatic heterocycles. The normalized spacial score (nSPS) is 17.4. The van der Waals surface area contributed by atoms with Crippen LogP contribution in [0, 0.1) is 0 Å². The van der Waals surface area contributed by atoms with Gasteiger partial charge in [-0.05, 0) is 32.0 Å². The molecule has 1 N–H and O–H groups in total. The van der Waals surface area contributed by atoms with Crippen LogP contribution in [0.25, 0.3) is 6.08 Å². The predicted molar refractivity (Wildman–Crippen MR) is 84.8 cm³/mol. The Balaban J connectivity index is 1.57. The zero-order valence-corrected chi connectivity index (χ0v) is 12.5. The molecule has 2 rings (SSSR count). The van der Waals surface area contributed by atoms with Crippen molar-refractivity contribution in [3.8, 4) is 0 Å². The maximum absolute atomic E-state index is 5.35.